The molecule has 1 aliphatic rings. The number of nitrogens with two attached hydrogens (primary N) is 1. The summed E-state index contributed by atoms with van der Waals surface area (Å²) in [6.07, 6.45) is -6.34. The number of thioether (sulfide) groups is 1. The van der Waals surface area contributed by atoms with E-state index in [1.807, 2.05) is 30.3 Å². The van der Waals surface area contributed by atoms with E-state index in [0.717, 1.165) is 18.2 Å². The number of hydrogen-bond acceptors (Lipinski definition) is 16. The van der Waals surface area contributed by atoms with Crippen LogP contribution < -0.4 is 16.4 Å². The van der Waals surface area contributed by atoms with Gasteiger partial charge in [0.15, 0.2) is 0 Å². The minimum Gasteiger partial charge on any atom is -0.465 e. The number of benzene rings is 2. The maximum atomic E-state index is 13.1. The van der Waals surface area contributed by atoms with Crippen molar-refractivity contribution in [2.45, 2.75) is 56.0 Å². The predicted molar refractivity (Wildman–Crippen MR) is 215 cm³/mol. The number of amides is 2. The van der Waals surface area contributed by atoms with Gasteiger partial charge in [0.05, 0.1) is 98.0 Å². The molecule has 0 saturated carbocycles. The fraction of sp³-hybridized carbons (Fsp3) is 0.625. The first-order chi connectivity index (χ1) is 28.1. The maximum Gasteiger partial charge on any atom is 0.366 e. The Morgan fingerprint density at radius 2 is 1.40 bits per heavy atom. The highest BCUT2D eigenvalue weighted by molar-refractivity contribution is 7.99. The Balaban J connectivity index is 1.39. The van der Waals surface area contributed by atoms with Crippen molar-refractivity contribution >= 4 is 29.5 Å². The molecule has 1 fully saturated rings. The maximum absolute atomic E-state index is 13.1. The van der Waals surface area contributed by atoms with Gasteiger partial charge in [-0.1, -0.05) is 42.5 Å². The van der Waals surface area contributed by atoms with E-state index in [1.54, 1.807) is 36.0 Å². The third kappa shape index (κ3) is 17.5. The standard InChI is InChI=1S/C40H61N3O14S/c1-29(44)43-35-33(45)27-40(39(49)50-2,56-14-6-25-58-26-24-55-23-22-54-21-20-53-19-18-52-17-16-51-15-13-41)57-37(35)36(47)34(46)28-42-38(48)32-11-9-31(10-12-32)30-7-4-3-5-8-30/h3-5,7-12,33-37,45-47H,6,13-28,41H2,1-2H3,(H,42,48)(H,43,44)/t33-,34-,35+,36-,37?,40-/m1/s1. The lowest BCUT2D eigenvalue weighted by molar-refractivity contribution is -0.311. The van der Waals surface area contributed by atoms with E-state index in [9.17, 15) is 29.7 Å². The molecule has 1 saturated heterocycles. The highest BCUT2D eigenvalue weighted by atomic mass is 32.2. The lowest BCUT2D eigenvalue weighted by Crippen LogP contribution is -2.68. The number of hydrogen-bond donors (Lipinski definition) is 6. The van der Waals surface area contributed by atoms with E-state index in [4.69, 9.17) is 43.6 Å². The number of methoxy groups -OCH3 is 1. The number of rotatable bonds is 30. The van der Waals surface area contributed by atoms with Crippen molar-refractivity contribution < 1.29 is 67.6 Å². The Kier molecular flexibility index (Phi) is 23.9. The van der Waals surface area contributed by atoms with Crippen LogP contribution in [0.2, 0.25) is 0 Å². The third-order valence-corrected chi connectivity index (χ3v) is 9.82. The van der Waals surface area contributed by atoms with Crippen LogP contribution in [0.5, 0.6) is 0 Å². The van der Waals surface area contributed by atoms with Crippen molar-refractivity contribution in [2.75, 3.05) is 104 Å². The molecule has 3 rings (SSSR count). The monoisotopic (exact) mass is 839 g/mol. The van der Waals surface area contributed by atoms with Crippen molar-refractivity contribution in [3.63, 3.8) is 0 Å². The average Bonchev–Trinajstić information content (AvgIpc) is 3.23. The Labute approximate surface area is 344 Å². The van der Waals surface area contributed by atoms with E-state index in [-0.39, 0.29) is 6.61 Å². The zero-order valence-corrected chi connectivity index (χ0v) is 34.2. The number of aliphatic hydroxyl groups excluding tert-OH is 3. The third-order valence-electron chi connectivity index (χ3n) is 8.79. The van der Waals surface area contributed by atoms with Crippen LogP contribution in [0, 0.1) is 0 Å². The Hall–Kier alpha value is -3.24. The lowest BCUT2D eigenvalue weighted by atomic mass is 9.88. The summed E-state index contributed by atoms with van der Waals surface area (Å²) in [5.41, 5.74) is 7.58. The van der Waals surface area contributed by atoms with Gasteiger partial charge in [-0.05, 0) is 35.4 Å². The quantitative estimate of drug-likeness (QED) is 0.0465. The molecule has 1 aliphatic heterocycles. The van der Waals surface area contributed by atoms with E-state index in [1.165, 1.54) is 6.92 Å². The molecule has 7 N–H and O–H groups in total. The highest BCUT2D eigenvalue weighted by Gasteiger charge is 2.56. The largest absolute Gasteiger partial charge is 0.465 e. The summed E-state index contributed by atoms with van der Waals surface area (Å²) in [5, 5.41) is 38.5. The van der Waals surface area contributed by atoms with Crippen molar-refractivity contribution in [2.24, 2.45) is 5.73 Å². The molecule has 2 aromatic rings. The number of nitrogens with one attached hydrogen (secondary N) is 2. The molecule has 0 bridgehead atoms. The van der Waals surface area contributed by atoms with Crippen LogP contribution >= 0.6 is 11.8 Å². The number of ether oxygens (including phenoxy) is 8. The second-order valence-electron chi connectivity index (χ2n) is 13.2. The van der Waals surface area contributed by atoms with E-state index in [0.29, 0.717) is 96.1 Å². The normalized spacial score (nSPS) is 20.3. The van der Waals surface area contributed by atoms with E-state index >= 15 is 0 Å². The van der Waals surface area contributed by atoms with Crippen LogP contribution in [0.15, 0.2) is 54.6 Å². The smallest absolute Gasteiger partial charge is 0.366 e. The number of carbonyl (C=O) groups excluding carboxylic acids is 3. The van der Waals surface area contributed by atoms with Crippen LogP contribution in [0.4, 0.5) is 0 Å². The summed E-state index contributed by atoms with van der Waals surface area (Å²) in [6, 6.07) is 15.3. The first-order valence-corrected chi connectivity index (χ1v) is 20.6. The Morgan fingerprint density at radius 1 is 0.828 bits per heavy atom. The fourth-order valence-corrected chi connectivity index (χ4v) is 6.62. The van der Waals surface area contributed by atoms with Gasteiger partial charge in [0.25, 0.3) is 11.7 Å². The van der Waals surface area contributed by atoms with Crippen LogP contribution in [0.25, 0.3) is 11.1 Å². The van der Waals surface area contributed by atoms with Crippen LogP contribution in [0.1, 0.15) is 30.1 Å². The second kappa shape index (κ2) is 28.3. The minimum absolute atomic E-state index is 0.0240. The zero-order chi connectivity index (χ0) is 42.0. The van der Waals surface area contributed by atoms with Gasteiger partial charge in [0.2, 0.25) is 5.91 Å². The van der Waals surface area contributed by atoms with E-state index in [2.05, 4.69) is 10.6 Å². The molecule has 0 aliphatic carbocycles. The highest BCUT2D eigenvalue weighted by Crippen LogP contribution is 2.34. The molecule has 0 aromatic heterocycles. The molecule has 1 unspecified atom stereocenters. The predicted octanol–water partition coefficient (Wildman–Crippen LogP) is 0.511. The number of aliphatic hydroxyl groups is 3. The lowest BCUT2D eigenvalue weighted by Gasteiger charge is -2.47. The summed E-state index contributed by atoms with van der Waals surface area (Å²) in [4.78, 5) is 38.1. The van der Waals surface area contributed by atoms with E-state index < -0.39 is 67.0 Å². The molecule has 17 nitrogen and oxygen atoms in total. The molecule has 0 spiro atoms. The summed E-state index contributed by atoms with van der Waals surface area (Å²) >= 11 is 1.61. The summed E-state index contributed by atoms with van der Waals surface area (Å²) in [5.74, 6) is -2.80. The molecular weight excluding hydrogens is 779 g/mol. The minimum atomic E-state index is -2.15. The van der Waals surface area contributed by atoms with Gasteiger partial charge < -0.3 is 69.6 Å². The Bertz CT molecular complexity index is 1450. The summed E-state index contributed by atoms with van der Waals surface area (Å²) in [7, 11) is 1.13. The van der Waals surface area contributed by atoms with Gasteiger partial charge in [0, 0.05) is 37.8 Å². The van der Waals surface area contributed by atoms with Crippen molar-refractivity contribution in [1.29, 1.82) is 0 Å². The first-order valence-electron chi connectivity index (χ1n) is 19.4. The van der Waals surface area contributed by atoms with Gasteiger partial charge in [-0.2, -0.15) is 11.8 Å². The molecule has 58 heavy (non-hydrogen) atoms. The molecule has 0 radical (unpaired) electrons. The van der Waals surface area contributed by atoms with Gasteiger partial charge in [-0.3, -0.25) is 9.59 Å². The molecule has 326 valence electrons. The molecule has 6 atom stereocenters. The van der Waals surface area contributed by atoms with Gasteiger partial charge in [-0.15, -0.1) is 0 Å². The Morgan fingerprint density at radius 3 is 1.97 bits per heavy atom. The van der Waals surface area contributed by atoms with Crippen LogP contribution in [-0.2, 0) is 47.5 Å². The summed E-state index contributed by atoms with van der Waals surface area (Å²) < 4.78 is 44.1. The zero-order valence-electron chi connectivity index (χ0n) is 33.4. The van der Waals surface area contributed by atoms with Crippen molar-refractivity contribution in [3.8, 4) is 11.1 Å². The van der Waals surface area contributed by atoms with Gasteiger partial charge >= 0.3 is 5.97 Å². The molecule has 2 aromatic carbocycles. The van der Waals surface area contributed by atoms with Crippen molar-refractivity contribution in [1.82, 2.24) is 10.6 Å². The second-order valence-corrected chi connectivity index (χ2v) is 14.4. The molecule has 2 amide bonds. The molecule has 18 heteroatoms. The topological polar surface area (TPSA) is 236 Å². The number of esters is 1. The summed E-state index contributed by atoms with van der Waals surface area (Å²) in [6.45, 7) is 6.08. The van der Waals surface area contributed by atoms with Crippen LogP contribution in [0.3, 0.4) is 0 Å². The first kappa shape index (κ1) is 49.1. The average molecular weight is 840 g/mol. The molecular formula is C40H61N3O14S. The van der Waals surface area contributed by atoms with Gasteiger partial charge in [0.1, 0.15) is 12.2 Å². The SMILES string of the molecule is COC(=O)[C@@]1(OCCCSCCOCCOCCOCCOCCOCCN)C[C@@H](O)[C@H](NC(C)=O)C([C@H](O)[C@H](O)CNC(=O)c2ccc(-c3ccccc3)cc2)O1. The van der Waals surface area contributed by atoms with Gasteiger partial charge in [-0.25, -0.2) is 4.79 Å². The number of carbonyl (C=O) groups is 3. The van der Waals surface area contributed by atoms with Crippen LogP contribution in [-0.4, -0.2) is 174 Å². The fourth-order valence-electron chi connectivity index (χ4n) is 5.86. The van der Waals surface area contributed by atoms with Crippen molar-refractivity contribution in [3.05, 3.63) is 60.2 Å². The molecule has 1 heterocycles.